The van der Waals surface area contributed by atoms with Gasteiger partial charge in [0.1, 0.15) is 12.2 Å². The molecule has 0 amide bonds. The second kappa shape index (κ2) is 5.87. The molecule has 0 aliphatic rings. The van der Waals surface area contributed by atoms with Crippen LogP contribution in [0.25, 0.3) is 0 Å². The second-order valence-corrected chi connectivity index (χ2v) is 3.36. The van der Waals surface area contributed by atoms with E-state index in [1.54, 1.807) is 0 Å². The Bertz CT molecular complexity index is 259. The van der Waals surface area contributed by atoms with Gasteiger partial charge in [-0.15, -0.1) is 0 Å². The number of carboxylic acids is 1. The van der Waals surface area contributed by atoms with E-state index in [0.717, 1.165) is 0 Å². The number of aliphatic hydroxyl groups is 4. The van der Waals surface area contributed by atoms with Gasteiger partial charge in [-0.25, -0.2) is 4.79 Å². The van der Waals surface area contributed by atoms with Crippen LogP contribution in [0.5, 0.6) is 0 Å². The van der Waals surface area contributed by atoms with Gasteiger partial charge in [0.2, 0.25) is 0 Å². The number of aliphatic carboxylic acids is 1. The summed E-state index contributed by atoms with van der Waals surface area (Å²) in [6.45, 7) is -0.402. The van der Waals surface area contributed by atoms with Crippen LogP contribution in [0.3, 0.4) is 0 Å². The summed E-state index contributed by atoms with van der Waals surface area (Å²) in [5.41, 5.74) is -2.37. The fraction of sp³-hybridized carbons (Fsp3) is 0.750. The smallest absolute Gasteiger partial charge is 0.335 e. The Balaban J connectivity index is 4.80. The third-order valence-corrected chi connectivity index (χ3v) is 2.08. The van der Waals surface area contributed by atoms with Crippen LogP contribution in [0.1, 0.15) is 0 Å². The minimum absolute atomic E-state index is 0.0358. The van der Waals surface area contributed by atoms with Gasteiger partial charge in [-0.3, -0.25) is 4.79 Å². The van der Waals surface area contributed by atoms with Crippen LogP contribution in [0, 0.1) is 0 Å². The topological polar surface area (TPSA) is 147 Å². The molecule has 0 aromatic rings. The molecule has 4 atom stereocenters. The summed E-state index contributed by atoms with van der Waals surface area (Å²) >= 11 is 0. The van der Waals surface area contributed by atoms with E-state index in [9.17, 15) is 24.9 Å². The average molecular weight is 237 g/mol. The summed E-state index contributed by atoms with van der Waals surface area (Å²) in [7, 11) is 1.38. The van der Waals surface area contributed by atoms with Crippen molar-refractivity contribution in [1.29, 1.82) is 0 Å². The molecule has 0 saturated heterocycles. The summed E-state index contributed by atoms with van der Waals surface area (Å²) in [5.74, 6) is -1.77. The van der Waals surface area contributed by atoms with E-state index in [0.29, 0.717) is 0 Å². The first-order chi connectivity index (χ1) is 7.30. The van der Waals surface area contributed by atoms with Gasteiger partial charge in [0.15, 0.2) is 18.0 Å². The molecule has 0 saturated carbocycles. The fourth-order valence-corrected chi connectivity index (χ4v) is 1.11. The van der Waals surface area contributed by atoms with Crippen molar-refractivity contribution in [2.24, 2.45) is 0 Å². The third kappa shape index (κ3) is 3.22. The van der Waals surface area contributed by atoms with Crippen LogP contribution < -0.4 is 5.32 Å². The molecule has 0 aliphatic heterocycles. The number of carbonyl (C=O) groups is 2. The molecule has 94 valence electrons. The van der Waals surface area contributed by atoms with Crippen LogP contribution in [0.2, 0.25) is 0 Å². The number of carbonyl (C=O) groups excluding carboxylic acids is 1. The molecule has 0 unspecified atom stereocenters. The standard InChI is InChI=1S/C8H15NO7/c1-9-2-8(16,3-10)6(13)4(11)5(12)7(14)15/h3-6,9,11-13,16H,2H2,1H3,(H,14,15)/t4-,5+,6+,8+/m0/s1. The molecule has 0 heterocycles. The predicted octanol–water partition coefficient (Wildman–Crippen LogP) is -3.70. The molecule has 0 spiro atoms. The molecule has 0 aromatic heterocycles. The number of nitrogens with one attached hydrogen (secondary N) is 1. The third-order valence-electron chi connectivity index (χ3n) is 2.08. The molecule has 8 nitrogen and oxygen atoms in total. The van der Waals surface area contributed by atoms with Crippen LogP contribution >= 0.6 is 0 Å². The van der Waals surface area contributed by atoms with Gasteiger partial charge in [-0.05, 0) is 7.05 Å². The Labute approximate surface area is 91.1 Å². The summed E-state index contributed by atoms with van der Waals surface area (Å²) in [6, 6.07) is 0. The second-order valence-electron chi connectivity index (χ2n) is 3.36. The number of hydrogen-bond acceptors (Lipinski definition) is 7. The average Bonchev–Trinajstić information content (AvgIpc) is 2.25. The lowest BCUT2D eigenvalue weighted by Crippen LogP contribution is -2.59. The molecule has 8 heteroatoms. The lowest BCUT2D eigenvalue weighted by atomic mass is 9.91. The molecule has 0 aromatic carbocycles. The van der Waals surface area contributed by atoms with E-state index in [4.69, 9.17) is 10.2 Å². The van der Waals surface area contributed by atoms with Gasteiger partial charge in [-0.1, -0.05) is 0 Å². The molecule has 0 fully saturated rings. The van der Waals surface area contributed by atoms with Crippen LogP contribution in [0.4, 0.5) is 0 Å². The molecular formula is C8H15NO7. The van der Waals surface area contributed by atoms with Gasteiger partial charge >= 0.3 is 5.97 Å². The molecule has 6 N–H and O–H groups in total. The summed E-state index contributed by atoms with van der Waals surface area (Å²) < 4.78 is 0. The first-order valence-corrected chi connectivity index (χ1v) is 4.40. The highest BCUT2D eigenvalue weighted by Gasteiger charge is 2.43. The van der Waals surface area contributed by atoms with Gasteiger partial charge in [0.05, 0.1) is 0 Å². The Kier molecular flexibility index (Phi) is 5.48. The van der Waals surface area contributed by atoms with Crippen LogP contribution in [-0.4, -0.2) is 75.3 Å². The Morgan fingerprint density at radius 1 is 1.44 bits per heavy atom. The number of rotatable bonds is 7. The SMILES string of the molecule is CNC[C@@](O)(C=O)[C@H](O)[C@@H](O)[C@@H](O)C(=O)O. The summed E-state index contributed by atoms with van der Waals surface area (Å²) in [6.07, 6.45) is -6.63. The number of aliphatic hydroxyl groups excluding tert-OH is 3. The lowest BCUT2D eigenvalue weighted by molar-refractivity contribution is -0.175. The molecule has 0 bridgehead atoms. The van der Waals surface area contributed by atoms with Crippen molar-refractivity contribution in [1.82, 2.24) is 5.32 Å². The normalized spacial score (nSPS) is 20.6. The monoisotopic (exact) mass is 237 g/mol. The zero-order valence-electron chi connectivity index (χ0n) is 8.57. The highest BCUT2D eigenvalue weighted by atomic mass is 16.4. The largest absolute Gasteiger partial charge is 0.479 e. The summed E-state index contributed by atoms with van der Waals surface area (Å²) in [4.78, 5) is 20.9. The summed E-state index contributed by atoms with van der Waals surface area (Å²) in [5, 5.41) is 47.8. The van der Waals surface area contributed by atoms with E-state index in [1.165, 1.54) is 7.05 Å². The van der Waals surface area contributed by atoms with Crippen molar-refractivity contribution in [3.8, 4) is 0 Å². The molecule has 16 heavy (non-hydrogen) atoms. The Morgan fingerprint density at radius 3 is 2.25 bits per heavy atom. The first kappa shape index (κ1) is 14.9. The van der Waals surface area contributed by atoms with Crippen molar-refractivity contribution in [2.75, 3.05) is 13.6 Å². The number of hydrogen-bond donors (Lipinski definition) is 6. The number of carboxylic acid groups (broad SMARTS) is 1. The lowest BCUT2D eigenvalue weighted by Gasteiger charge is -2.31. The number of aldehydes is 1. The van der Waals surface area contributed by atoms with Crippen LogP contribution in [-0.2, 0) is 9.59 Å². The highest BCUT2D eigenvalue weighted by molar-refractivity contribution is 5.73. The van der Waals surface area contributed by atoms with E-state index in [-0.39, 0.29) is 6.29 Å². The van der Waals surface area contributed by atoms with Gasteiger partial charge < -0.3 is 30.8 Å². The van der Waals surface area contributed by atoms with E-state index in [1.807, 2.05) is 0 Å². The Hall–Kier alpha value is -1.06. The van der Waals surface area contributed by atoms with Crippen molar-refractivity contribution in [3.63, 3.8) is 0 Å². The van der Waals surface area contributed by atoms with Gasteiger partial charge in [0.25, 0.3) is 0 Å². The molecule has 0 rings (SSSR count). The molecule has 0 aliphatic carbocycles. The quantitative estimate of drug-likeness (QED) is 0.248. The highest BCUT2D eigenvalue weighted by Crippen LogP contribution is 2.13. The maximum Gasteiger partial charge on any atom is 0.335 e. The van der Waals surface area contributed by atoms with Gasteiger partial charge in [-0.2, -0.15) is 0 Å². The van der Waals surface area contributed by atoms with Gasteiger partial charge in [0, 0.05) is 6.54 Å². The van der Waals surface area contributed by atoms with Crippen molar-refractivity contribution < 1.29 is 35.1 Å². The minimum atomic E-state index is -2.37. The Morgan fingerprint density at radius 2 is 1.94 bits per heavy atom. The fourth-order valence-electron chi connectivity index (χ4n) is 1.11. The first-order valence-electron chi connectivity index (χ1n) is 4.40. The minimum Gasteiger partial charge on any atom is -0.479 e. The predicted molar refractivity (Wildman–Crippen MR) is 50.6 cm³/mol. The number of likely N-dealkylation sites (N-methyl/N-ethyl adjacent to an activating group) is 1. The van der Waals surface area contributed by atoms with Crippen molar-refractivity contribution >= 4 is 12.3 Å². The van der Waals surface area contributed by atoms with Crippen LogP contribution in [0.15, 0.2) is 0 Å². The maximum absolute atomic E-state index is 10.6. The van der Waals surface area contributed by atoms with E-state index in [2.05, 4.69) is 5.32 Å². The van der Waals surface area contributed by atoms with Crippen molar-refractivity contribution in [3.05, 3.63) is 0 Å². The van der Waals surface area contributed by atoms with E-state index >= 15 is 0 Å². The molecular weight excluding hydrogens is 222 g/mol. The zero-order chi connectivity index (χ0) is 12.9. The van der Waals surface area contributed by atoms with Crippen molar-refractivity contribution in [2.45, 2.75) is 23.9 Å². The molecule has 0 radical (unpaired) electrons. The van der Waals surface area contributed by atoms with E-state index < -0.39 is 36.4 Å². The zero-order valence-corrected chi connectivity index (χ0v) is 8.57. The maximum atomic E-state index is 10.6.